The van der Waals surface area contributed by atoms with E-state index in [1.54, 1.807) is 0 Å². The predicted molar refractivity (Wildman–Crippen MR) is 57.7 cm³/mol. The predicted octanol–water partition coefficient (Wildman–Crippen LogP) is 1.11. The van der Waals surface area contributed by atoms with E-state index in [1.165, 1.54) is 38.3 Å². The van der Waals surface area contributed by atoms with Gasteiger partial charge < -0.3 is 5.32 Å². The van der Waals surface area contributed by atoms with Crippen LogP contribution in [0.4, 0.5) is 0 Å². The summed E-state index contributed by atoms with van der Waals surface area (Å²) in [6, 6.07) is 0.373. The standard InChI is InChI=1S/C11H16N4O/c16-11(9-6-12-15-14-9)13-10(8-4-5-8)7-2-1-3-7/h6-8,10H,1-5H2,(H,13,16)(H,12,14,15). The quantitative estimate of drug-likeness (QED) is 0.798. The van der Waals surface area contributed by atoms with Gasteiger partial charge in [-0.15, -0.1) is 0 Å². The number of H-pyrrole nitrogens is 1. The Hall–Kier alpha value is -1.39. The van der Waals surface area contributed by atoms with Gasteiger partial charge in [0.05, 0.1) is 6.20 Å². The second-order valence-electron chi connectivity index (χ2n) is 4.88. The van der Waals surface area contributed by atoms with E-state index in [2.05, 4.69) is 20.7 Å². The molecule has 16 heavy (non-hydrogen) atoms. The minimum Gasteiger partial charge on any atom is -0.347 e. The van der Waals surface area contributed by atoms with Crippen LogP contribution in [0.1, 0.15) is 42.6 Å². The molecule has 1 aromatic rings. The third-order valence-electron chi connectivity index (χ3n) is 3.73. The molecule has 86 valence electrons. The van der Waals surface area contributed by atoms with Crippen LogP contribution in [0.25, 0.3) is 0 Å². The number of hydrogen-bond donors (Lipinski definition) is 2. The van der Waals surface area contributed by atoms with Crippen molar-refractivity contribution in [2.24, 2.45) is 11.8 Å². The molecule has 0 spiro atoms. The number of carbonyl (C=O) groups excluding carboxylic acids is 1. The van der Waals surface area contributed by atoms with E-state index >= 15 is 0 Å². The average molecular weight is 220 g/mol. The molecule has 1 atom stereocenters. The molecule has 2 fully saturated rings. The van der Waals surface area contributed by atoms with Crippen molar-refractivity contribution in [3.8, 4) is 0 Å². The van der Waals surface area contributed by atoms with E-state index in [0.717, 1.165) is 0 Å². The minimum atomic E-state index is -0.0856. The number of aromatic nitrogens is 3. The first-order valence-corrected chi connectivity index (χ1v) is 6.01. The van der Waals surface area contributed by atoms with Crippen LogP contribution in [0.15, 0.2) is 6.20 Å². The highest BCUT2D eigenvalue weighted by Gasteiger charge is 2.39. The molecule has 2 saturated carbocycles. The first kappa shape index (κ1) is 9.81. The molecule has 0 aliphatic heterocycles. The Morgan fingerprint density at radius 3 is 2.62 bits per heavy atom. The van der Waals surface area contributed by atoms with Crippen LogP contribution in [0, 0.1) is 11.8 Å². The molecular weight excluding hydrogens is 204 g/mol. The number of nitrogens with one attached hydrogen (secondary N) is 2. The van der Waals surface area contributed by atoms with Crippen molar-refractivity contribution in [2.75, 3.05) is 0 Å². The van der Waals surface area contributed by atoms with Crippen LogP contribution in [0.2, 0.25) is 0 Å². The van der Waals surface area contributed by atoms with Gasteiger partial charge in [0.1, 0.15) is 0 Å². The lowest BCUT2D eigenvalue weighted by molar-refractivity contribution is 0.0883. The molecule has 2 aliphatic rings. The van der Waals surface area contributed by atoms with Crippen molar-refractivity contribution < 1.29 is 4.79 Å². The first-order valence-electron chi connectivity index (χ1n) is 6.01. The van der Waals surface area contributed by atoms with Crippen molar-refractivity contribution in [2.45, 2.75) is 38.1 Å². The van der Waals surface area contributed by atoms with Gasteiger partial charge in [-0.05, 0) is 37.5 Å². The van der Waals surface area contributed by atoms with Gasteiger partial charge >= 0.3 is 0 Å². The Morgan fingerprint density at radius 1 is 1.38 bits per heavy atom. The Balaban J connectivity index is 1.64. The smallest absolute Gasteiger partial charge is 0.273 e. The summed E-state index contributed by atoms with van der Waals surface area (Å²) in [5.41, 5.74) is 0.393. The van der Waals surface area contributed by atoms with E-state index in [0.29, 0.717) is 23.6 Å². The molecule has 0 radical (unpaired) electrons. The van der Waals surface area contributed by atoms with Gasteiger partial charge in [-0.25, -0.2) is 0 Å². The molecule has 5 nitrogen and oxygen atoms in total. The van der Waals surface area contributed by atoms with E-state index in [4.69, 9.17) is 0 Å². The maximum Gasteiger partial charge on any atom is 0.273 e. The Morgan fingerprint density at radius 2 is 2.12 bits per heavy atom. The molecule has 0 aromatic carbocycles. The van der Waals surface area contributed by atoms with Crippen LogP contribution >= 0.6 is 0 Å². The maximum absolute atomic E-state index is 11.9. The lowest BCUT2D eigenvalue weighted by Gasteiger charge is -2.34. The molecule has 1 aromatic heterocycles. The second kappa shape index (κ2) is 3.88. The lowest BCUT2D eigenvalue weighted by Crippen LogP contribution is -2.44. The van der Waals surface area contributed by atoms with Gasteiger partial charge in [-0.3, -0.25) is 4.79 Å². The zero-order valence-electron chi connectivity index (χ0n) is 9.15. The molecule has 2 aliphatic carbocycles. The number of carbonyl (C=O) groups is 1. The van der Waals surface area contributed by atoms with Crippen LogP contribution < -0.4 is 5.32 Å². The molecule has 3 rings (SSSR count). The average Bonchev–Trinajstić information content (AvgIpc) is 2.89. The second-order valence-corrected chi connectivity index (χ2v) is 4.88. The van der Waals surface area contributed by atoms with Gasteiger partial charge in [-0.1, -0.05) is 6.42 Å². The summed E-state index contributed by atoms with van der Waals surface area (Å²) >= 11 is 0. The largest absolute Gasteiger partial charge is 0.347 e. The summed E-state index contributed by atoms with van der Waals surface area (Å²) in [4.78, 5) is 11.9. The van der Waals surface area contributed by atoms with Gasteiger partial charge in [0.2, 0.25) is 0 Å². The molecule has 2 N–H and O–H groups in total. The molecular formula is C11H16N4O. The number of rotatable bonds is 4. The monoisotopic (exact) mass is 220 g/mol. The highest BCUT2D eigenvalue weighted by Crippen LogP contribution is 2.42. The zero-order chi connectivity index (χ0) is 11.0. The van der Waals surface area contributed by atoms with Crippen LogP contribution in [-0.4, -0.2) is 27.4 Å². The zero-order valence-corrected chi connectivity index (χ0v) is 9.15. The molecule has 1 unspecified atom stereocenters. The summed E-state index contributed by atoms with van der Waals surface area (Å²) in [5.74, 6) is 1.32. The minimum absolute atomic E-state index is 0.0856. The normalized spacial score (nSPS) is 22.5. The summed E-state index contributed by atoms with van der Waals surface area (Å²) < 4.78 is 0. The number of hydrogen-bond acceptors (Lipinski definition) is 3. The Bertz CT molecular complexity index is 367. The van der Waals surface area contributed by atoms with Crippen LogP contribution in [0.3, 0.4) is 0 Å². The highest BCUT2D eigenvalue weighted by atomic mass is 16.2. The third kappa shape index (κ3) is 1.81. The number of amides is 1. The molecule has 0 bridgehead atoms. The summed E-state index contributed by atoms with van der Waals surface area (Å²) in [5, 5.41) is 13.0. The highest BCUT2D eigenvalue weighted by molar-refractivity contribution is 5.92. The number of nitrogens with zero attached hydrogens (tertiary/aromatic N) is 2. The van der Waals surface area contributed by atoms with E-state index in [-0.39, 0.29) is 5.91 Å². The van der Waals surface area contributed by atoms with Crippen molar-refractivity contribution in [1.29, 1.82) is 0 Å². The molecule has 1 amide bonds. The van der Waals surface area contributed by atoms with Crippen molar-refractivity contribution in [3.05, 3.63) is 11.9 Å². The van der Waals surface area contributed by atoms with E-state index in [1.807, 2.05) is 0 Å². The van der Waals surface area contributed by atoms with Crippen molar-refractivity contribution in [1.82, 2.24) is 20.7 Å². The Kier molecular flexibility index (Phi) is 2.38. The fraction of sp³-hybridized carbons (Fsp3) is 0.727. The molecule has 1 heterocycles. The van der Waals surface area contributed by atoms with Gasteiger partial charge in [-0.2, -0.15) is 15.4 Å². The van der Waals surface area contributed by atoms with Crippen LogP contribution in [0.5, 0.6) is 0 Å². The summed E-state index contributed by atoms with van der Waals surface area (Å²) in [6.45, 7) is 0. The topological polar surface area (TPSA) is 70.7 Å². The molecule has 0 saturated heterocycles. The van der Waals surface area contributed by atoms with Gasteiger partial charge in [0.25, 0.3) is 5.91 Å². The lowest BCUT2D eigenvalue weighted by atomic mass is 9.78. The Labute approximate surface area is 94.0 Å². The van der Waals surface area contributed by atoms with Gasteiger partial charge in [0.15, 0.2) is 5.69 Å². The van der Waals surface area contributed by atoms with Crippen molar-refractivity contribution in [3.63, 3.8) is 0 Å². The fourth-order valence-corrected chi connectivity index (χ4v) is 2.41. The first-order chi connectivity index (χ1) is 7.84. The number of aromatic amines is 1. The maximum atomic E-state index is 11.9. The molecule has 5 heteroatoms. The van der Waals surface area contributed by atoms with Crippen LogP contribution in [-0.2, 0) is 0 Å². The summed E-state index contributed by atoms with van der Waals surface area (Å²) in [7, 11) is 0. The fourth-order valence-electron chi connectivity index (χ4n) is 2.41. The SMILES string of the molecule is O=C(NC(C1CCC1)C1CC1)c1cn[nH]n1. The van der Waals surface area contributed by atoms with E-state index in [9.17, 15) is 4.79 Å². The van der Waals surface area contributed by atoms with Gasteiger partial charge in [0, 0.05) is 6.04 Å². The summed E-state index contributed by atoms with van der Waals surface area (Å²) in [6.07, 6.45) is 7.84. The van der Waals surface area contributed by atoms with Crippen molar-refractivity contribution >= 4 is 5.91 Å². The van der Waals surface area contributed by atoms with E-state index < -0.39 is 0 Å². The third-order valence-corrected chi connectivity index (χ3v) is 3.73.